The fourth-order valence-corrected chi connectivity index (χ4v) is 1.12. The summed E-state index contributed by atoms with van der Waals surface area (Å²) in [6, 6.07) is 0. The third-order valence-corrected chi connectivity index (χ3v) is 2.60. The van der Waals surface area contributed by atoms with Crippen LogP contribution < -0.4 is 10.6 Å². The highest BCUT2D eigenvalue weighted by atomic mass is 16.5. The summed E-state index contributed by atoms with van der Waals surface area (Å²) in [5.74, 6) is -3.31. The van der Waals surface area contributed by atoms with E-state index in [0.29, 0.717) is 13.2 Å². The van der Waals surface area contributed by atoms with Gasteiger partial charge in [-0.2, -0.15) is 0 Å². The molecule has 2 atom stereocenters. The van der Waals surface area contributed by atoms with E-state index in [-0.39, 0.29) is 12.5 Å². The molecule has 0 radical (unpaired) electrons. The van der Waals surface area contributed by atoms with E-state index in [1.807, 2.05) is 0 Å². The van der Waals surface area contributed by atoms with E-state index in [9.17, 15) is 14.4 Å². The standard InChI is InChI=1S/C11H20N2O5/c1-7(8(2)11(16)17)10(15)13-6-9(14)12-4-5-18-3/h7-8H,4-6H2,1-3H3,(H,12,14)(H,13,15)(H,16,17). The normalized spacial score (nSPS) is 13.5. The Morgan fingerprint density at radius 1 is 1.17 bits per heavy atom. The molecule has 7 heteroatoms. The van der Waals surface area contributed by atoms with Crippen LogP contribution in [0.4, 0.5) is 0 Å². The van der Waals surface area contributed by atoms with E-state index in [1.165, 1.54) is 21.0 Å². The van der Waals surface area contributed by atoms with Gasteiger partial charge in [-0.3, -0.25) is 14.4 Å². The van der Waals surface area contributed by atoms with Crippen LogP contribution in [-0.4, -0.2) is 49.7 Å². The first kappa shape index (κ1) is 16.4. The maximum Gasteiger partial charge on any atom is 0.307 e. The summed E-state index contributed by atoms with van der Waals surface area (Å²) in [4.78, 5) is 33.5. The minimum absolute atomic E-state index is 0.167. The van der Waals surface area contributed by atoms with Crippen LogP contribution in [0.2, 0.25) is 0 Å². The minimum atomic E-state index is -1.04. The fourth-order valence-electron chi connectivity index (χ4n) is 1.12. The summed E-state index contributed by atoms with van der Waals surface area (Å²) in [6.07, 6.45) is 0. The molecule has 0 fully saturated rings. The van der Waals surface area contributed by atoms with Gasteiger partial charge in [-0.25, -0.2) is 0 Å². The van der Waals surface area contributed by atoms with Crippen LogP contribution in [0.1, 0.15) is 13.8 Å². The molecule has 0 heterocycles. The van der Waals surface area contributed by atoms with Gasteiger partial charge in [0.05, 0.1) is 19.1 Å². The van der Waals surface area contributed by atoms with Gasteiger partial charge >= 0.3 is 5.97 Å². The summed E-state index contributed by atoms with van der Waals surface area (Å²) >= 11 is 0. The Kier molecular flexibility index (Phi) is 7.69. The van der Waals surface area contributed by atoms with Crippen LogP contribution in [0.3, 0.4) is 0 Å². The number of carbonyl (C=O) groups is 3. The molecule has 0 aliphatic rings. The fraction of sp³-hybridized carbons (Fsp3) is 0.727. The van der Waals surface area contributed by atoms with Crippen molar-refractivity contribution in [3.63, 3.8) is 0 Å². The lowest BCUT2D eigenvalue weighted by Gasteiger charge is -2.15. The Morgan fingerprint density at radius 2 is 1.78 bits per heavy atom. The molecule has 0 aliphatic carbocycles. The van der Waals surface area contributed by atoms with Gasteiger partial charge in [0.25, 0.3) is 0 Å². The first-order valence-electron chi connectivity index (χ1n) is 5.66. The van der Waals surface area contributed by atoms with Crippen molar-refractivity contribution in [3.05, 3.63) is 0 Å². The molecule has 0 aromatic rings. The number of carbonyl (C=O) groups excluding carboxylic acids is 2. The monoisotopic (exact) mass is 260 g/mol. The third kappa shape index (κ3) is 6.19. The summed E-state index contributed by atoms with van der Waals surface area (Å²) in [7, 11) is 1.52. The Hall–Kier alpha value is -1.63. The first-order chi connectivity index (χ1) is 8.40. The number of methoxy groups -OCH3 is 1. The van der Waals surface area contributed by atoms with Gasteiger partial charge in [0, 0.05) is 19.6 Å². The number of carboxylic acids is 1. The van der Waals surface area contributed by atoms with Crippen molar-refractivity contribution in [2.75, 3.05) is 26.8 Å². The molecule has 0 aromatic carbocycles. The lowest BCUT2D eigenvalue weighted by molar-refractivity contribution is -0.146. The van der Waals surface area contributed by atoms with Gasteiger partial charge in [0.2, 0.25) is 11.8 Å². The average molecular weight is 260 g/mol. The van der Waals surface area contributed by atoms with Crippen molar-refractivity contribution in [2.45, 2.75) is 13.8 Å². The van der Waals surface area contributed by atoms with Crippen molar-refractivity contribution in [3.8, 4) is 0 Å². The second-order valence-electron chi connectivity index (χ2n) is 3.98. The predicted octanol–water partition coefficient (Wildman–Crippen LogP) is -0.778. The van der Waals surface area contributed by atoms with E-state index in [0.717, 1.165) is 0 Å². The lowest BCUT2D eigenvalue weighted by Crippen LogP contribution is -2.42. The molecule has 0 bridgehead atoms. The van der Waals surface area contributed by atoms with Crippen LogP contribution in [0, 0.1) is 11.8 Å². The maximum absolute atomic E-state index is 11.5. The van der Waals surface area contributed by atoms with Gasteiger partial charge in [-0.15, -0.1) is 0 Å². The molecule has 0 aliphatic heterocycles. The third-order valence-electron chi connectivity index (χ3n) is 2.60. The number of hydrogen-bond acceptors (Lipinski definition) is 4. The topological polar surface area (TPSA) is 105 Å². The van der Waals surface area contributed by atoms with E-state index >= 15 is 0 Å². The molecular weight excluding hydrogens is 240 g/mol. The molecule has 0 spiro atoms. The van der Waals surface area contributed by atoms with Crippen molar-refractivity contribution < 1.29 is 24.2 Å². The zero-order chi connectivity index (χ0) is 14.1. The molecule has 104 valence electrons. The Balaban J connectivity index is 3.95. The second-order valence-corrected chi connectivity index (χ2v) is 3.98. The van der Waals surface area contributed by atoms with Gasteiger partial charge in [-0.05, 0) is 0 Å². The molecule has 0 saturated carbocycles. The molecule has 0 saturated heterocycles. The second kappa shape index (κ2) is 8.46. The number of nitrogens with one attached hydrogen (secondary N) is 2. The zero-order valence-electron chi connectivity index (χ0n) is 10.9. The van der Waals surface area contributed by atoms with Crippen molar-refractivity contribution >= 4 is 17.8 Å². The van der Waals surface area contributed by atoms with Gasteiger partial charge in [0.1, 0.15) is 0 Å². The first-order valence-corrected chi connectivity index (χ1v) is 5.66. The van der Waals surface area contributed by atoms with Crippen molar-refractivity contribution in [1.82, 2.24) is 10.6 Å². The number of aliphatic carboxylic acids is 1. The molecule has 2 unspecified atom stereocenters. The number of hydrogen-bond donors (Lipinski definition) is 3. The van der Waals surface area contributed by atoms with E-state index in [2.05, 4.69) is 10.6 Å². The number of carboxylic acid groups (broad SMARTS) is 1. The van der Waals surface area contributed by atoms with Gasteiger partial charge < -0.3 is 20.5 Å². The molecule has 3 N–H and O–H groups in total. The Morgan fingerprint density at radius 3 is 2.28 bits per heavy atom. The number of amides is 2. The van der Waals surface area contributed by atoms with Crippen LogP contribution in [-0.2, 0) is 19.1 Å². The molecule has 18 heavy (non-hydrogen) atoms. The average Bonchev–Trinajstić information content (AvgIpc) is 2.34. The minimum Gasteiger partial charge on any atom is -0.481 e. The van der Waals surface area contributed by atoms with Gasteiger partial charge in [0.15, 0.2) is 0 Å². The molecule has 0 rings (SSSR count). The highest BCUT2D eigenvalue weighted by Crippen LogP contribution is 2.10. The van der Waals surface area contributed by atoms with E-state index in [1.54, 1.807) is 0 Å². The highest BCUT2D eigenvalue weighted by Gasteiger charge is 2.25. The lowest BCUT2D eigenvalue weighted by atomic mass is 9.95. The highest BCUT2D eigenvalue weighted by molar-refractivity contribution is 5.88. The van der Waals surface area contributed by atoms with Crippen LogP contribution in [0.5, 0.6) is 0 Å². The largest absolute Gasteiger partial charge is 0.481 e. The van der Waals surface area contributed by atoms with E-state index in [4.69, 9.17) is 9.84 Å². The number of rotatable bonds is 8. The molecule has 0 aromatic heterocycles. The summed E-state index contributed by atoms with van der Waals surface area (Å²) in [5, 5.41) is 13.7. The van der Waals surface area contributed by atoms with Crippen LogP contribution in [0.15, 0.2) is 0 Å². The van der Waals surface area contributed by atoms with Crippen molar-refractivity contribution in [2.24, 2.45) is 11.8 Å². The molecule has 2 amide bonds. The smallest absolute Gasteiger partial charge is 0.307 e. The number of ether oxygens (including phenoxy) is 1. The van der Waals surface area contributed by atoms with Gasteiger partial charge in [-0.1, -0.05) is 13.8 Å². The summed E-state index contributed by atoms with van der Waals surface area (Å²) < 4.78 is 4.75. The SMILES string of the molecule is COCCNC(=O)CNC(=O)C(C)C(C)C(=O)O. The summed E-state index contributed by atoms with van der Waals surface area (Å²) in [5.41, 5.74) is 0. The zero-order valence-corrected chi connectivity index (χ0v) is 10.9. The maximum atomic E-state index is 11.5. The van der Waals surface area contributed by atoms with E-state index < -0.39 is 23.7 Å². The van der Waals surface area contributed by atoms with Crippen LogP contribution in [0.25, 0.3) is 0 Å². The summed E-state index contributed by atoms with van der Waals surface area (Å²) in [6.45, 7) is 3.56. The Labute approximate surface area is 106 Å². The molecular formula is C11H20N2O5. The predicted molar refractivity (Wildman–Crippen MR) is 63.9 cm³/mol. The quantitative estimate of drug-likeness (QED) is 0.497. The van der Waals surface area contributed by atoms with Crippen molar-refractivity contribution in [1.29, 1.82) is 0 Å². The van der Waals surface area contributed by atoms with Crippen LogP contribution >= 0.6 is 0 Å². The Bertz CT molecular complexity index is 306. The molecule has 7 nitrogen and oxygen atoms in total.